The molecule has 0 radical (unpaired) electrons. The molecule has 0 saturated carbocycles. The summed E-state index contributed by atoms with van der Waals surface area (Å²) in [5, 5.41) is 0. The van der Waals surface area contributed by atoms with Crippen LogP contribution >= 0.6 is 0 Å². The van der Waals surface area contributed by atoms with E-state index >= 15 is 0 Å². The molecule has 2 aromatic heterocycles. The van der Waals surface area contributed by atoms with Crippen molar-refractivity contribution in [1.82, 2.24) is 19.9 Å². The van der Waals surface area contributed by atoms with Gasteiger partial charge in [0.15, 0.2) is 11.4 Å². The number of fused-ring (bicyclic) bond motifs is 4. The first-order valence-corrected chi connectivity index (χ1v) is 7.26. The molecule has 108 valence electrons. The fraction of sp³-hybridized carbons (Fsp3) is 0. The number of carbonyl (C=O) groups excluding carboxylic acids is 1. The van der Waals surface area contributed by atoms with Crippen LogP contribution in [0.3, 0.4) is 0 Å². The van der Waals surface area contributed by atoms with Gasteiger partial charge in [0.05, 0.1) is 6.20 Å². The molecule has 2 aromatic carbocycles. The van der Waals surface area contributed by atoms with E-state index in [0.717, 1.165) is 27.8 Å². The molecule has 0 saturated heterocycles. The molecule has 0 aliphatic heterocycles. The Morgan fingerprint density at radius 1 is 0.870 bits per heavy atom. The second-order valence-corrected chi connectivity index (χ2v) is 5.44. The van der Waals surface area contributed by atoms with Crippen LogP contribution in [0.2, 0.25) is 0 Å². The SMILES string of the molecule is O=C1c2ccccc2-c2c1cccc2-c1nc2cncnc2[nH]1. The van der Waals surface area contributed by atoms with E-state index in [0.29, 0.717) is 17.0 Å². The quantitative estimate of drug-likeness (QED) is 0.515. The van der Waals surface area contributed by atoms with Crippen molar-refractivity contribution in [3.8, 4) is 22.5 Å². The topological polar surface area (TPSA) is 71.5 Å². The number of rotatable bonds is 1. The van der Waals surface area contributed by atoms with E-state index in [1.54, 1.807) is 6.20 Å². The standard InChI is InChI=1S/C18H10N4O/c23-16-11-5-2-1-4-10(11)15-12(16)6-3-7-13(15)17-21-14-8-19-9-20-18(14)22-17/h1-9H,(H,19,20,21,22). The monoisotopic (exact) mass is 298 g/mol. The fourth-order valence-corrected chi connectivity index (χ4v) is 3.16. The summed E-state index contributed by atoms with van der Waals surface area (Å²) in [7, 11) is 0. The van der Waals surface area contributed by atoms with Crippen molar-refractivity contribution in [3.63, 3.8) is 0 Å². The minimum atomic E-state index is 0.0633. The van der Waals surface area contributed by atoms with Gasteiger partial charge in [0.25, 0.3) is 0 Å². The molecular formula is C18H10N4O. The number of aromatic amines is 1. The number of aromatic nitrogens is 4. The first-order valence-electron chi connectivity index (χ1n) is 7.26. The van der Waals surface area contributed by atoms with Crippen LogP contribution in [0.15, 0.2) is 55.0 Å². The van der Waals surface area contributed by atoms with Gasteiger partial charge in [-0.3, -0.25) is 4.79 Å². The van der Waals surface area contributed by atoms with E-state index in [-0.39, 0.29) is 5.78 Å². The van der Waals surface area contributed by atoms with Gasteiger partial charge >= 0.3 is 0 Å². The predicted molar refractivity (Wildman–Crippen MR) is 86.0 cm³/mol. The largest absolute Gasteiger partial charge is 0.322 e. The van der Waals surface area contributed by atoms with Gasteiger partial charge < -0.3 is 4.98 Å². The maximum atomic E-state index is 12.6. The van der Waals surface area contributed by atoms with Crippen LogP contribution in [0, 0.1) is 0 Å². The molecule has 1 aliphatic carbocycles. The van der Waals surface area contributed by atoms with Gasteiger partial charge in [0, 0.05) is 22.3 Å². The van der Waals surface area contributed by atoms with E-state index < -0.39 is 0 Å². The normalized spacial score (nSPS) is 12.4. The molecule has 23 heavy (non-hydrogen) atoms. The molecule has 1 N–H and O–H groups in total. The lowest BCUT2D eigenvalue weighted by atomic mass is 9.99. The van der Waals surface area contributed by atoms with Gasteiger partial charge in [-0.1, -0.05) is 42.5 Å². The van der Waals surface area contributed by atoms with Crippen molar-refractivity contribution in [2.45, 2.75) is 0 Å². The van der Waals surface area contributed by atoms with Gasteiger partial charge in [-0.15, -0.1) is 0 Å². The lowest BCUT2D eigenvalue weighted by Gasteiger charge is -2.06. The zero-order chi connectivity index (χ0) is 15.4. The molecule has 0 unspecified atom stereocenters. The second-order valence-electron chi connectivity index (χ2n) is 5.44. The molecule has 0 fully saturated rings. The minimum Gasteiger partial charge on any atom is -0.322 e. The summed E-state index contributed by atoms with van der Waals surface area (Å²) in [6, 6.07) is 13.4. The van der Waals surface area contributed by atoms with Crippen LogP contribution in [0.25, 0.3) is 33.7 Å². The minimum absolute atomic E-state index is 0.0633. The number of nitrogens with one attached hydrogen (secondary N) is 1. The first-order chi connectivity index (χ1) is 11.3. The zero-order valence-electron chi connectivity index (χ0n) is 11.9. The third-order valence-electron chi connectivity index (χ3n) is 4.17. The Balaban J connectivity index is 1.83. The lowest BCUT2D eigenvalue weighted by Crippen LogP contribution is -1.94. The third-order valence-corrected chi connectivity index (χ3v) is 4.17. The maximum absolute atomic E-state index is 12.6. The van der Waals surface area contributed by atoms with Crippen LogP contribution in [-0.2, 0) is 0 Å². The Kier molecular flexibility index (Phi) is 2.30. The van der Waals surface area contributed by atoms with E-state index in [2.05, 4.69) is 19.9 Å². The molecule has 5 heteroatoms. The smallest absolute Gasteiger partial charge is 0.194 e. The first kappa shape index (κ1) is 12.2. The third kappa shape index (κ3) is 1.61. The highest BCUT2D eigenvalue weighted by atomic mass is 16.1. The van der Waals surface area contributed by atoms with E-state index in [4.69, 9.17) is 0 Å². The summed E-state index contributed by atoms with van der Waals surface area (Å²) in [5.41, 5.74) is 5.64. The highest BCUT2D eigenvalue weighted by Gasteiger charge is 2.29. The number of benzene rings is 2. The van der Waals surface area contributed by atoms with Crippen molar-refractivity contribution in [2.24, 2.45) is 0 Å². The number of ketones is 1. The van der Waals surface area contributed by atoms with Gasteiger partial charge in [0.2, 0.25) is 0 Å². The number of nitrogens with zero attached hydrogens (tertiary/aromatic N) is 3. The average Bonchev–Trinajstić information content (AvgIpc) is 3.15. The number of hydrogen-bond donors (Lipinski definition) is 1. The molecule has 4 aromatic rings. The van der Waals surface area contributed by atoms with Gasteiger partial charge in [-0.05, 0) is 5.56 Å². The Hall–Kier alpha value is -3.34. The molecule has 0 bridgehead atoms. The molecule has 0 amide bonds. The number of carbonyl (C=O) groups is 1. The summed E-state index contributed by atoms with van der Waals surface area (Å²) in [6.07, 6.45) is 3.16. The lowest BCUT2D eigenvalue weighted by molar-refractivity contribution is 0.104. The van der Waals surface area contributed by atoms with Crippen molar-refractivity contribution >= 4 is 16.9 Å². The Labute approximate surface area is 131 Å². The van der Waals surface area contributed by atoms with E-state index in [1.165, 1.54) is 6.33 Å². The van der Waals surface area contributed by atoms with Crippen molar-refractivity contribution in [1.29, 1.82) is 0 Å². The molecule has 5 nitrogen and oxygen atoms in total. The Morgan fingerprint density at radius 2 is 1.65 bits per heavy atom. The molecule has 1 aliphatic rings. The van der Waals surface area contributed by atoms with Crippen LogP contribution in [0.5, 0.6) is 0 Å². The summed E-state index contributed by atoms with van der Waals surface area (Å²) < 4.78 is 0. The maximum Gasteiger partial charge on any atom is 0.194 e. The molecule has 0 spiro atoms. The number of imidazole rings is 1. The van der Waals surface area contributed by atoms with Crippen LogP contribution < -0.4 is 0 Å². The number of hydrogen-bond acceptors (Lipinski definition) is 4. The van der Waals surface area contributed by atoms with Crippen molar-refractivity contribution in [3.05, 3.63) is 66.1 Å². The van der Waals surface area contributed by atoms with Crippen molar-refractivity contribution in [2.75, 3.05) is 0 Å². The average molecular weight is 298 g/mol. The highest BCUT2D eigenvalue weighted by molar-refractivity contribution is 6.23. The number of H-pyrrole nitrogens is 1. The highest BCUT2D eigenvalue weighted by Crippen LogP contribution is 2.42. The van der Waals surface area contributed by atoms with Gasteiger partial charge in [-0.2, -0.15) is 0 Å². The molecule has 5 rings (SSSR count). The molecular weight excluding hydrogens is 288 g/mol. The Bertz CT molecular complexity index is 1060. The van der Waals surface area contributed by atoms with E-state index in [1.807, 2.05) is 42.5 Å². The molecule has 0 atom stereocenters. The van der Waals surface area contributed by atoms with Crippen LogP contribution in [0.1, 0.15) is 15.9 Å². The van der Waals surface area contributed by atoms with Crippen LogP contribution in [-0.4, -0.2) is 25.7 Å². The van der Waals surface area contributed by atoms with Crippen molar-refractivity contribution < 1.29 is 4.79 Å². The summed E-state index contributed by atoms with van der Waals surface area (Å²) >= 11 is 0. The summed E-state index contributed by atoms with van der Waals surface area (Å²) in [5.74, 6) is 0.759. The summed E-state index contributed by atoms with van der Waals surface area (Å²) in [6.45, 7) is 0. The summed E-state index contributed by atoms with van der Waals surface area (Å²) in [4.78, 5) is 28.5. The second kappa shape index (κ2) is 4.33. The van der Waals surface area contributed by atoms with E-state index in [9.17, 15) is 4.79 Å². The fourth-order valence-electron chi connectivity index (χ4n) is 3.16. The molecule has 2 heterocycles. The van der Waals surface area contributed by atoms with Crippen LogP contribution in [0.4, 0.5) is 0 Å². The predicted octanol–water partition coefficient (Wildman–Crippen LogP) is 3.23. The van der Waals surface area contributed by atoms with Gasteiger partial charge in [0.1, 0.15) is 17.7 Å². The zero-order valence-corrected chi connectivity index (χ0v) is 11.9. The van der Waals surface area contributed by atoms with Gasteiger partial charge in [-0.25, -0.2) is 15.0 Å². The Morgan fingerprint density at radius 3 is 2.52 bits per heavy atom.